The van der Waals surface area contributed by atoms with E-state index in [0.717, 1.165) is 13.7 Å². The Morgan fingerprint density at radius 3 is 1.91 bits per heavy atom. The lowest BCUT2D eigenvalue weighted by Crippen LogP contribution is -2.52. The molecule has 0 unspecified atom stereocenters. The quantitative estimate of drug-likeness (QED) is 0.684. The van der Waals surface area contributed by atoms with Crippen LogP contribution in [0, 0.1) is 0 Å². The van der Waals surface area contributed by atoms with Gasteiger partial charge in [-0.25, -0.2) is 32.9 Å². The molecule has 0 saturated heterocycles. The summed E-state index contributed by atoms with van der Waals surface area (Å²) in [6.07, 6.45) is 0. The van der Waals surface area contributed by atoms with Gasteiger partial charge in [0.15, 0.2) is 0 Å². The van der Waals surface area contributed by atoms with Gasteiger partial charge in [-0.05, 0) is 17.7 Å². The summed E-state index contributed by atoms with van der Waals surface area (Å²) in [6, 6.07) is 6.31. The normalized spacial score (nSPS) is 10.5. The number of nitrogens with zero attached hydrogens (tertiary/aromatic N) is 3. The first-order valence-electron chi connectivity index (χ1n) is 6.41. The number of hydrogen-bond donors (Lipinski definition) is 0. The zero-order valence-corrected chi connectivity index (χ0v) is 12.4. The molecule has 8 heteroatoms. The molecule has 0 aliphatic carbocycles. The Hall–Kier alpha value is -2.90. The SMILES string of the molecule is COC(=O)c1ccc(Cn2c(=O)n(C)c(=O)n(C)c2=O)cc1. The van der Waals surface area contributed by atoms with Gasteiger partial charge in [0, 0.05) is 14.1 Å². The van der Waals surface area contributed by atoms with Crippen LogP contribution in [0.15, 0.2) is 38.6 Å². The monoisotopic (exact) mass is 305 g/mol. The molecule has 0 fully saturated rings. The summed E-state index contributed by atoms with van der Waals surface area (Å²) in [6.45, 7) is 0.00107. The minimum Gasteiger partial charge on any atom is -0.465 e. The Bertz CT molecular complexity index is 846. The molecule has 0 spiro atoms. The zero-order valence-electron chi connectivity index (χ0n) is 12.4. The van der Waals surface area contributed by atoms with Gasteiger partial charge < -0.3 is 4.74 Å². The summed E-state index contributed by atoms with van der Waals surface area (Å²) in [5.74, 6) is -0.471. The van der Waals surface area contributed by atoms with Crippen LogP contribution in [0.2, 0.25) is 0 Å². The molecule has 8 nitrogen and oxygen atoms in total. The molecular weight excluding hydrogens is 290 g/mol. The molecule has 1 aromatic carbocycles. The largest absolute Gasteiger partial charge is 0.465 e. The fraction of sp³-hybridized carbons (Fsp3) is 0.286. The number of methoxy groups -OCH3 is 1. The smallest absolute Gasteiger partial charge is 0.337 e. The predicted molar refractivity (Wildman–Crippen MR) is 78.1 cm³/mol. The Morgan fingerprint density at radius 2 is 1.45 bits per heavy atom. The Balaban J connectivity index is 2.44. The molecule has 2 aromatic rings. The number of esters is 1. The summed E-state index contributed by atoms with van der Waals surface area (Å²) in [5.41, 5.74) is -1.04. The van der Waals surface area contributed by atoms with Crippen molar-refractivity contribution in [2.75, 3.05) is 7.11 Å². The van der Waals surface area contributed by atoms with Crippen molar-refractivity contribution in [3.8, 4) is 0 Å². The van der Waals surface area contributed by atoms with Gasteiger partial charge in [0.2, 0.25) is 0 Å². The van der Waals surface area contributed by atoms with Crippen LogP contribution in [-0.2, 0) is 25.4 Å². The van der Waals surface area contributed by atoms with Crippen LogP contribution in [0.25, 0.3) is 0 Å². The topological polar surface area (TPSA) is 92.3 Å². The van der Waals surface area contributed by atoms with Gasteiger partial charge in [-0.1, -0.05) is 12.1 Å². The summed E-state index contributed by atoms with van der Waals surface area (Å²) in [5, 5.41) is 0. The van der Waals surface area contributed by atoms with E-state index in [-0.39, 0.29) is 6.54 Å². The van der Waals surface area contributed by atoms with E-state index in [0.29, 0.717) is 11.1 Å². The van der Waals surface area contributed by atoms with Gasteiger partial charge in [-0.15, -0.1) is 0 Å². The van der Waals surface area contributed by atoms with Crippen LogP contribution in [0.5, 0.6) is 0 Å². The van der Waals surface area contributed by atoms with Crippen molar-refractivity contribution >= 4 is 5.97 Å². The third-order valence-electron chi connectivity index (χ3n) is 3.33. The lowest BCUT2D eigenvalue weighted by molar-refractivity contribution is 0.0600. The second-order valence-corrected chi connectivity index (χ2v) is 4.74. The van der Waals surface area contributed by atoms with Gasteiger partial charge in [-0.2, -0.15) is 0 Å². The molecule has 0 saturated carbocycles. The summed E-state index contributed by atoms with van der Waals surface area (Å²) in [7, 11) is 3.89. The van der Waals surface area contributed by atoms with Gasteiger partial charge in [-0.3, -0.25) is 0 Å². The number of rotatable bonds is 3. The van der Waals surface area contributed by atoms with Gasteiger partial charge in [0.25, 0.3) is 0 Å². The van der Waals surface area contributed by atoms with E-state index >= 15 is 0 Å². The molecule has 0 aliphatic heterocycles. The Kier molecular flexibility index (Phi) is 4.11. The molecule has 22 heavy (non-hydrogen) atoms. The predicted octanol–water partition coefficient (Wildman–Crippen LogP) is -0.919. The van der Waals surface area contributed by atoms with Gasteiger partial charge in [0.1, 0.15) is 0 Å². The first kappa shape index (κ1) is 15.5. The highest BCUT2D eigenvalue weighted by molar-refractivity contribution is 5.89. The van der Waals surface area contributed by atoms with Crippen LogP contribution in [-0.4, -0.2) is 26.8 Å². The Labute approximate surface area is 124 Å². The fourth-order valence-corrected chi connectivity index (χ4v) is 2.01. The lowest BCUT2D eigenvalue weighted by Gasteiger charge is -2.09. The van der Waals surface area contributed by atoms with E-state index in [1.807, 2.05) is 0 Å². The second kappa shape index (κ2) is 5.84. The molecule has 0 atom stereocenters. The van der Waals surface area contributed by atoms with Gasteiger partial charge >= 0.3 is 23.0 Å². The van der Waals surface area contributed by atoms with Crippen molar-refractivity contribution in [1.82, 2.24) is 13.7 Å². The van der Waals surface area contributed by atoms with E-state index in [2.05, 4.69) is 4.74 Å². The van der Waals surface area contributed by atoms with Crippen molar-refractivity contribution < 1.29 is 9.53 Å². The molecule has 1 aromatic heterocycles. The van der Waals surface area contributed by atoms with Crippen molar-refractivity contribution in [2.45, 2.75) is 6.54 Å². The molecule has 0 N–H and O–H groups in total. The van der Waals surface area contributed by atoms with Crippen LogP contribution < -0.4 is 17.1 Å². The number of carbonyl (C=O) groups excluding carboxylic acids is 1. The minimum atomic E-state index is -0.690. The highest BCUT2D eigenvalue weighted by Crippen LogP contribution is 2.06. The number of hydrogen-bond acceptors (Lipinski definition) is 5. The summed E-state index contributed by atoms with van der Waals surface area (Å²) < 4.78 is 7.28. The van der Waals surface area contributed by atoms with Crippen molar-refractivity contribution in [1.29, 1.82) is 0 Å². The Morgan fingerprint density at radius 1 is 0.955 bits per heavy atom. The van der Waals surface area contributed by atoms with Gasteiger partial charge in [0.05, 0.1) is 19.2 Å². The standard InChI is InChI=1S/C14H15N3O5/c1-15-12(19)16(2)14(21)17(13(15)20)8-9-4-6-10(7-5-9)11(18)22-3/h4-7H,8H2,1-3H3. The maximum atomic E-state index is 12.0. The minimum absolute atomic E-state index is 0.00107. The molecule has 0 radical (unpaired) electrons. The number of ether oxygens (including phenoxy) is 1. The van der Waals surface area contributed by atoms with Crippen LogP contribution in [0.1, 0.15) is 15.9 Å². The zero-order chi connectivity index (χ0) is 16.4. The summed E-state index contributed by atoms with van der Waals surface area (Å²) in [4.78, 5) is 47.0. The van der Waals surface area contributed by atoms with Crippen molar-refractivity contribution in [3.05, 3.63) is 66.8 Å². The first-order valence-corrected chi connectivity index (χ1v) is 6.41. The molecule has 0 amide bonds. The molecule has 0 aliphatic rings. The molecule has 0 bridgehead atoms. The molecule has 1 heterocycles. The second-order valence-electron chi connectivity index (χ2n) is 4.74. The lowest BCUT2D eigenvalue weighted by atomic mass is 10.1. The highest BCUT2D eigenvalue weighted by atomic mass is 16.5. The summed E-state index contributed by atoms with van der Waals surface area (Å²) >= 11 is 0. The number of carbonyl (C=O) groups is 1. The van der Waals surface area contributed by atoms with Crippen LogP contribution in [0.3, 0.4) is 0 Å². The van der Waals surface area contributed by atoms with E-state index in [9.17, 15) is 19.2 Å². The van der Waals surface area contributed by atoms with Crippen LogP contribution in [0.4, 0.5) is 0 Å². The number of aromatic nitrogens is 3. The van der Waals surface area contributed by atoms with Crippen molar-refractivity contribution in [2.24, 2.45) is 14.1 Å². The van der Waals surface area contributed by atoms with E-state index in [4.69, 9.17) is 0 Å². The molecular formula is C14H15N3O5. The molecule has 116 valence electrons. The van der Waals surface area contributed by atoms with Crippen molar-refractivity contribution in [3.63, 3.8) is 0 Å². The first-order chi connectivity index (χ1) is 10.4. The molecule has 2 rings (SSSR count). The maximum Gasteiger partial charge on any atom is 0.337 e. The van der Waals surface area contributed by atoms with E-state index in [1.54, 1.807) is 24.3 Å². The van der Waals surface area contributed by atoms with E-state index in [1.165, 1.54) is 21.2 Å². The third-order valence-corrected chi connectivity index (χ3v) is 3.33. The van der Waals surface area contributed by atoms with Crippen LogP contribution >= 0.6 is 0 Å². The third kappa shape index (κ3) is 2.62. The highest BCUT2D eigenvalue weighted by Gasteiger charge is 2.11. The number of benzene rings is 1. The average molecular weight is 305 g/mol. The fourth-order valence-electron chi connectivity index (χ4n) is 2.01. The average Bonchev–Trinajstić information content (AvgIpc) is 2.55. The maximum absolute atomic E-state index is 12.0. The van der Waals surface area contributed by atoms with E-state index < -0.39 is 23.0 Å².